The summed E-state index contributed by atoms with van der Waals surface area (Å²) in [5.74, 6) is 1.86. The summed E-state index contributed by atoms with van der Waals surface area (Å²) in [6, 6.07) is 67.3. The van der Waals surface area contributed by atoms with Crippen molar-refractivity contribution in [2.75, 3.05) is 0 Å². The van der Waals surface area contributed by atoms with Crippen molar-refractivity contribution in [3.8, 4) is 62.1 Å². The molecule has 56 heavy (non-hydrogen) atoms. The molecule has 0 radical (unpaired) electrons. The molecule has 0 saturated carbocycles. The molecule has 0 aliphatic heterocycles. The fourth-order valence-corrected chi connectivity index (χ4v) is 8.01. The maximum Gasteiger partial charge on any atom is 0.164 e. The van der Waals surface area contributed by atoms with Crippen LogP contribution in [0.5, 0.6) is 0 Å². The van der Waals surface area contributed by atoms with Crippen LogP contribution in [0.25, 0.3) is 106 Å². The largest absolute Gasteiger partial charge is 0.454 e. The number of aromatic nitrogens is 4. The maximum absolute atomic E-state index is 6.56. The topological polar surface area (TPSA) is 56.7 Å². The summed E-state index contributed by atoms with van der Waals surface area (Å²) in [5.41, 5.74) is 12.3. The highest BCUT2D eigenvalue weighted by Crippen LogP contribution is 2.41. The van der Waals surface area contributed by atoms with Crippen LogP contribution in [0.2, 0.25) is 0 Å². The van der Waals surface area contributed by atoms with Crippen LogP contribution >= 0.6 is 0 Å². The summed E-state index contributed by atoms with van der Waals surface area (Å²) in [7, 11) is 0. The molecule has 0 aliphatic rings. The first-order chi connectivity index (χ1) is 27.8. The second kappa shape index (κ2) is 13.0. The Morgan fingerprint density at radius 3 is 1.52 bits per heavy atom. The molecule has 0 bridgehead atoms. The van der Waals surface area contributed by atoms with Gasteiger partial charge in [0, 0.05) is 38.2 Å². The second-order valence-corrected chi connectivity index (χ2v) is 14.0. The van der Waals surface area contributed by atoms with E-state index in [1.807, 2.05) is 48.5 Å². The van der Waals surface area contributed by atoms with Gasteiger partial charge in [0.1, 0.15) is 5.58 Å². The minimum atomic E-state index is 0.616. The molecule has 0 N–H and O–H groups in total. The molecule has 0 spiro atoms. The van der Waals surface area contributed by atoms with Crippen LogP contribution in [0.1, 0.15) is 0 Å². The van der Waals surface area contributed by atoms with Crippen LogP contribution in [-0.4, -0.2) is 19.5 Å². The van der Waals surface area contributed by atoms with Gasteiger partial charge in [0.15, 0.2) is 23.1 Å². The SMILES string of the molecule is c1ccc(-c2ccc(-c3ccc(-c4nc(-c5ccccc5)nc(-c5cccc6c5c5ccccc5n6-c5cccc6c5oc5ccccc56)n4)cc3)cc2)cc1. The number of hydrogen-bond donors (Lipinski definition) is 0. The summed E-state index contributed by atoms with van der Waals surface area (Å²) < 4.78 is 8.87. The molecule has 3 heterocycles. The van der Waals surface area contributed by atoms with E-state index in [9.17, 15) is 0 Å². The lowest BCUT2D eigenvalue weighted by atomic mass is 9.99. The van der Waals surface area contributed by atoms with Gasteiger partial charge in [-0.3, -0.25) is 0 Å². The lowest BCUT2D eigenvalue weighted by Gasteiger charge is -2.11. The van der Waals surface area contributed by atoms with Crippen molar-refractivity contribution in [2.24, 2.45) is 0 Å². The molecule has 0 saturated heterocycles. The van der Waals surface area contributed by atoms with Gasteiger partial charge >= 0.3 is 0 Å². The third kappa shape index (κ3) is 5.29. The minimum absolute atomic E-state index is 0.616. The predicted molar refractivity (Wildman–Crippen MR) is 229 cm³/mol. The summed E-state index contributed by atoms with van der Waals surface area (Å²) in [6.07, 6.45) is 0. The fourth-order valence-electron chi connectivity index (χ4n) is 8.01. The van der Waals surface area contributed by atoms with Crippen molar-refractivity contribution in [2.45, 2.75) is 0 Å². The van der Waals surface area contributed by atoms with E-state index in [-0.39, 0.29) is 0 Å². The summed E-state index contributed by atoms with van der Waals surface area (Å²) >= 11 is 0. The molecule has 0 unspecified atom stereocenters. The van der Waals surface area contributed by atoms with Crippen molar-refractivity contribution < 1.29 is 4.42 Å². The normalized spacial score (nSPS) is 11.6. The second-order valence-electron chi connectivity index (χ2n) is 14.0. The average Bonchev–Trinajstić information content (AvgIpc) is 3.83. The molecule has 0 atom stereocenters. The van der Waals surface area contributed by atoms with E-state index in [0.29, 0.717) is 17.5 Å². The van der Waals surface area contributed by atoms with Gasteiger partial charge in [0.2, 0.25) is 0 Å². The first kappa shape index (κ1) is 31.9. The molecule has 11 aromatic rings. The first-order valence-electron chi connectivity index (χ1n) is 18.8. The Morgan fingerprint density at radius 1 is 0.339 bits per heavy atom. The number of benzene rings is 8. The van der Waals surface area contributed by atoms with E-state index >= 15 is 0 Å². The smallest absolute Gasteiger partial charge is 0.164 e. The highest BCUT2D eigenvalue weighted by molar-refractivity contribution is 6.16. The first-order valence-corrected chi connectivity index (χ1v) is 18.8. The van der Waals surface area contributed by atoms with Gasteiger partial charge in [-0.1, -0.05) is 170 Å². The Balaban J connectivity index is 1.07. The number of rotatable bonds is 6. The fraction of sp³-hybridized carbons (Fsp3) is 0. The average molecular weight is 717 g/mol. The molecule has 262 valence electrons. The molecular formula is C51H32N4O. The van der Waals surface area contributed by atoms with Gasteiger partial charge in [-0.25, -0.2) is 15.0 Å². The molecule has 0 amide bonds. The van der Waals surface area contributed by atoms with E-state index in [4.69, 9.17) is 19.4 Å². The van der Waals surface area contributed by atoms with Crippen molar-refractivity contribution in [3.63, 3.8) is 0 Å². The lowest BCUT2D eigenvalue weighted by molar-refractivity contribution is 0.666. The van der Waals surface area contributed by atoms with E-state index in [0.717, 1.165) is 77.2 Å². The molecule has 5 nitrogen and oxygen atoms in total. The highest BCUT2D eigenvalue weighted by atomic mass is 16.3. The number of para-hydroxylation sites is 3. The van der Waals surface area contributed by atoms with Crippen LogP contribution in [0.4, 0.5) is 0 Å². The summed E-state index contributed by atoms with van der Waals surface area (Å²) in [4.78, 5) is 15.4. The van der Waals surface area contributed by atoms with Crippen LogP contribution in [0.15, 0.2) is 199 Å². The molecule has 11 rings (SSSR count). The van der Waals surface area contributed by atoms with Gasteiger partial charge in [0.05, 0.1) is 16.7 Å². The van der Waals surface area contributed by atoms with Crippen LogP contribution in [0, 0.1) is 0 Å². The van der Waals surface area contributed by atoms with Gasteiger partial charge < -0.3 is 8.98 Å². The highest BCUT2D eigenvalue weighted by Gasteiger charge is 2.21. The molecule has 3 aromatic heterocycles. The zero-order valence-electron chi connectivity index (χ0n) is 30.2. The van der Waals surface area contributed by atoms with Gasteiger partial charge in [-0.05, 0) is 46.5 Å². The third-order valence-corrected chi connectivity index (χ3v) is 10.7. The number of furan rings is 1. The Kier molecular flexibility index (Phi) is 7.42. The quantitative estimate of drug-likeness (QED) is 0.172. The molecule has 8 aromatic carbocycles. The molecular weight excluding hydrogens is 685 g/mol. The Hall–Kier alpha value is -7.63. The van der Waals surface area contributed by atoms with E-state index in [2.05, 4.69) is 150 Å². The van der Waals surface area contributed by atoms with Crippen molar-refractivity contribution in [3.05, 3.63) is 194 Å². The molecule has 5 heteroatoms. The lowest BCUT2D eigenvalue weighted by Crippen LogP contribution is -2.00. The Morgan fingerprint density at radius 2 is 0.821 bits per heavy atom. The molecule has 0 aliphatic carbocycles. The van der Waals surface area contributed by atoms with E-state index in [1.54, 1.807) is 0 Å². The van der Waals surface area contributed by atoms with E-state index < -0.39 is 0 Å². The van der Waals surface area contributed by atoms with Crippen molar-refractivity contribution >= 4 is 43.7 Å². The maximum atomic E-state index is 6.56. The van der Waals surface area contributed by atoms with Crippen LogP contribution in [0.3, 0.4) is 0 Å². The monoisotopic (exact) mass is 716 g/mol. The molecule has 0 fully saturated rings. The van der Waals surface area contributed by atoms with Crippen molar-refractivity contribution in [1.82, 2.24) is 19.5 Å². The standard InChI is InChI=1S/C51H32N4O/c1-3-13-33(14-4-1)34-25-27-35(28-26-34)36-29-31-38(32-30-36)50-52-49(37-15-5-2-6-16-37)53-51(54-50)42-20-12-22-44-47(42)41-18-7-9-21-43(41)55(44)45-23-11-19-40-39-17-8-10-24-46(39)56-48(40)45/h1-32H. The van der Waals surface area contributed by atoms with Gasteiger partial charge in [-0.15, -0.1) is 0 Å². The zero-order valence-corrected chi connectivity index (χ0v) is 30.2. The minimum Gasteiger partial charge on any atom is -0.454 e. The van der Waals surface area contributed by atoms with E-state index in [1.165, 1.54) is 11.1 Å². The summed E-state index contributed by atoms with van der Waals surface area (Å²) in [6.45, 7) is 0. The Labute approximate surface area is 322 Å². The van der Waals surface area contributed by atoms with Crippen LogP contribution in [-0.2, 0) is 0 Å². The number of fused-ring (bicyclic) bond motifs is 6. The number of hydrogen-bond acceptors (Lipinski definition) is 4. The Bertz CT molecular complexity index is 3220. The van der Waals surface area contributed by atoms with Crippen LogP contribution < -0.4 is 0 Å². The van der Waals surface area contributed by atoms with Gasteiger partial charge in [-0.2, -0.15) is 0 Å². The number of nitrogens with zero attached hydrogens (tertiary/aromatic N) is 4. The van der Waals surface area contributed by atoms with Crippen molar-refractivity contribution in [1.29, 1.82) is 0 Å². The third-order valence-electron chi connectivity index (χ3n) is 10.7. The zero-order chi connectivity index (χ0) is 37.0. The predicted octanol–water partition coefficient (Wildman–Crippen LogP) is 13.2. The van der Waals surface area contributed by atoms with Gasteiger partial charge in [0.25, 0.3) is 0 Å². The summed E-state index contributed by atoms with van der Waals surface area (Å²) in [5, 5.41) is 4.37.